The van der Waals surface area contributed by atoms with Gasteiger partial charge in [-0.3, -0.25) is 9.20 Å². The van der Waals surface area contributed by atoms with E-state index in [2.05, 4.69) is 25.5 Å². The Kier molecular flexibility index (Phi) is 4.17. The zero-order valence-electron chi connectivity index (χ0n) is 14.0. The molecule has 0 saturated heterocycles. The maximum Gasteiger partial charge on any atom is 0.265 e. The van der Waals surface area contributed by atoms with E-state index < -0.39 is 5.91 Å². The standard InChI is InChI=1S/C18H14FN7O/c19-12-4-1-3-11(7-12)8-21-15-9-23-25-18(24-15)16-13-5-2-6-14(17(20)27)26(13)10-22-16/h1-7,9-10H,8H2,(H2,20,27)(H,21,24,25). The molecule has 134 valence electrons. The Hall–Kier alpha value is -3.88. The second kappa shape index (κ2) is 6.79. The third-order valence-electron chi connectivity index (χ3n) is 3.96. The van der Waals surface area contributed by atoms with Crippen LogP contribution >= 0.6 is 0 Å². The Balaban J connectivity index is 1.64. The van der Waals surface area contributed by atoms with Crippen molar-refractivity contribution in [1.82, 2.24) is 24.6 Å². The number of nitrogens with two attached hydrogens (primary N) is 1. The normalized spacial score (nSPS) is 10.9. The van der Waals surface area contributed by atoms with E-state index >= 15 is 0 Å². The molecule has 0 unspecified atom stereocenters. The number of pyridine rings is 1. The number of nitrogens with zero attached hydrogens (tertiary/aromatic N) is 5. The van der Waals surface area contributed by atoms with Crippen LogP contribution in [-0.2, 0) is 6.54 Å². The van der Waals surface area contributed by atoms with Gasteiger partial charge < -0.3 is 11.1 Å². The highest BCUT2D eigenvalue weighted by Gasteiger charge is 2.14. The first-order valence-corrected chi connectivity index (χ1v) is 8.06. The van der Waals surface area contributed by atoms with Gasteiger partial charge in [0.05, 0.1) is 11.7 Å². The zero-order valence-corrected chi connectivity index (χ0v) is 14.0. The van der Waals surface area contributed by atoms with Gasteiger partial charge in [-0.1, -0.05) is 18.2 Å². The van der Waals surface area contributed by atoms with Gasteiger partial charge in [0.2, 0.25) is 5.82 Å². The maximum absolute atomic E-state index is 13.3. The van der Waals surface area contributed by atoms with Crippen molar-refractivity contribution in [2.75, 3.05) is 5.32 Å². The summed E-state index contributed by atoms with van der Waals surface area (Å²) in [4.78, 5) is 20.3. The summed E-state index contributed by atoms with van der Waals surface area (Å²) in [5.41, 5.74) is 7.57. The first-order chi connectivity index (χ1) is 13.1. The number of rotatable bonds is 5. The van der Waals surface area contributed by atoms with Crippen molar-refractivity contribution < 1.29 is 9.18 Å². The van der Waals surface area contributed by atoms with Crippen LogP contribution in [0.1, 0.15) is 16.1 Å². The summed E-state index contributed by atoms with van der Waals surface area (Å²) in [5, 5.41) is 11.0. The van der Waals surface area contributed by atoms with E-state index in [0.717, 1.165) is 5.56 Å². The van der Waals surface area contributed by atoms with Crippen molar-refractivity contribution in [2.45, 2.75) is 6.54 Å². The lowest BCUT2D eigenvalue weighted by atomic mass is 10.2. The van der Waals surface area contributed by atoms with Crippen molar-refractivity contribution in [1.29, 1.82) is 0 Å². The van der Waals surface area contributed by atoms with E-state index in [4.69, 9.17) is 5.73 Å². The highest BCUT2D eigenvalue weighted by molar-refractivity contribution is 5.92. The summed E-state index contributed by atoms with van der Waals surface area (Å²) in [6.07, 6.45) is 2.96. The minimum absolute atomic E-state index is 0.295. The van der Waals surface area contributed by atoms with Crippen molar-refractivity contribution in [3.05, 3.63) is 72.1 Å². The average molecular weight is 363 g/mol. The molecule has 3 heterocycles. The number of halogens is 1. The SMILES string of the molecule is NC(=O)c1cccc2c(-c3nncc(NCc4cccc(F)c4)n3)ncn12. The predicted octanol–water partition coefficient (Wildman–Crippen LogP) is 2.04. The molecule has 0 fully saturated rings. The topological polar surface area (TPSA) is 111 Å². The lowest BCUT2D eigenvalue weighted by Crippen LogP contribution is -2.14. The summed E-state index contributed by atoms with van der Waals surface area (Å²) < 4.78 is 14.8. The average Bonchev–Trinajstić information content (AvgIpc) is 3.11. The third kappa shape index (κ3) is 3.30. The molecule has 4 aromatic rings. The highest BCUT2D eigenvalue weighted by Crippen LogP contribution is 2.21. The Morgan fingerprint density at radius 2 is 2.07 bits per heavy atom. The minimum atomic E-state index is -0.561. The monoisotopic (exact) mass is 363 g/mol. The lowest BCUT2D eigenvalue weighted by molar-refractivity contribution is 0.0994. The van der Waals surface area contributed by atoms with Gasteiger partial charge in [0.1, 0.15) is 29.4 Å². The fourth-order valence-electron chi connectivity index (χ4n) is 2.72. The molecule has 0 aliphatic rings. The number of carbonyl (C=O) groups is 1. The first kappa shape index (κ1) is 16.6. The molecule has 9 heteroatoms. The smallest absolute Gasteiger partial charge is 0.265 e. The number of aromatic nitrogens is 5. The molecule has 0 atom stereocenters. The number of anilines is 1. The number of primary amides is 1. The van der Waals surface area contributed by atoms with Gasteiger partial charge in [0.15, 0.2) is 0 Å². The fourth-order valence-corrected chi connectivity index (χ4v) is 2.72. The van der Waals surface area contributed by atoms with Gasteiger partial charge in [0.25, 0.3) is 5.91 Å². The number of fused-ring (bicyclic) bond motifs is 1. The Labute approximate surface area is 152 Å². The van der Waals surface area contributed by atoms with E-state index in [1.807, 2.05) is 0 Å². The van der Waals surface area contributed by atoms with Crippen LogP contribution in [0.15, 0.2) is 55.0 Å². The van der Waals surface area contributed by atoms with Gasteiger partial charge in [-0.2, -0.15) is 5.10 Å². The molecular formula is C18H14FN7O. The summed E-state index contributed by atoms with van der Waals surface area (Å²) in [5.74, 6) is -0.0977. The molecule has 3 N–H and O–H groups in total. The number of hydrogen-bond donors (Lipinski definition) is 2. The molecular weight excluding hydrogens is 349 g/mol. The number of amides is 1. The lowest BCUT2D eigenvalue weighted by Gasteiger charge is -2.06. The van der Waals surface area contributed by atoms with Gasteiger partial charge >= 0.3 is 0 Å². The molecule has 1 aromatic carbocycles. The summed E-state index contributed by atoms with van der Waals surface area (Å²) in [7, 11) is 0. The molecule has 0 aliphatic heterocycles. The first-order valence-electron chi connectivity index (χ1n) is 8.06. The summed E-state index contributed by atoms with van der Waals surface area (Å²) in [6.45, 7) is 0.381. The van der Waals surface area contributed by atoms with Gasteiger partial charge in [-0.05, 0) is 29.8 Å². The number of hydrogen-bond acceptors (Lipinski definition) is 6. The van der Waals surface area contributed by atoms with Crippen molar-refractivity contribution >= 4 is 17.2 Å². The molecule has 4 rings (SSSR count). The van der Waals surface area contributed by atoms with Crippen LogP contribution in [0.5, 0.6) is 0 Å². The highest BCUT2D eigenvalue weighted by atomic mass is 19.1. The largest absolute Gasteiger partial charge is 0.365 e. The molecule has 0 spiro atoms. The molecule has 0 saturated carbocycles. The van der Waals surface area contributed by atoms with E-state index in [-0.39, 0.29) is 5.82 Å². The number of nitrogens with one attached hydrogen (secondary N) is 1. The minimum Gasteiger partial charge on any atom is -0.365 e. The van der Waals surface area contributed by atoms with Crippen LogP contribution in [0.2, 0.25) is 0 Å². The van der Waals surface area contributed by atoms with Gasteiger partial charge in [-0.15, -0.1) is 5.10 Å². The van der Waals surface area contributed by atoms with E-state index in [1.165, 1.54) is 24.7 Å². The van der Waals surface area contributed by atoms with Gasteiger partial charge in [0, 0.05) is 6.54 Å². The maximum atomic E-state index is 13.3. The summed E-state index contributed by atoms with van der Waals surface area (Å²) in [6, 6.07) is 11.4. The van der Waals surface area contributed by atoms with E-state index in [0.29, 0.717) is 35.1 Å². The second-order valence-electron chi connectivity index (χ2n) is 5.77. The number of carbonyl (C=O) groups excluding carboxylic acids is 1. The predicted molar refractivity (Wildman–Crippen MR) is 96.3 cm³/mol. The van der Waals surface area contributed by atoms with E-state index in [9.17, 15) is 9.18 Å². The molecule has 27 heavy (non-hydrogen) atoms. The molecule has 3 aromatic heterocycles. The summed E-state index contributed by atoms with van der Waals surface area (Å²) >= 11 is 0. The van der Waals surface area contributed by atoms with Crippen LogP contribution in [-0.4, -0.2) is 30.5 Å². The second-order valence-corrected chi connectivity index (χ2v) is 5.77. The van der Waals surface area contributed by atoms with Crippen molar-refractivity contribution in [3.63, 3.8) is 0 Å². The molecule has 8 nitrogen and oxygen atoms in total. The quantitative estimate of drug-likeness (QED) is 0.561. The van der Waals surface area contributed by atoms with Crippen LogP contribution in [0.4, 0.5) is 10.2 Å². The van der Waals surface area contributed by atoms with Crippen molar-refractivity contribution in [3.8, 4) is 11.5 Å². The van der Waals surface area contributed by atoms with E-state index in [1.54, 1.807) is 34.7 Å². The van der Waals surface area contributed by atoms with Crippen LogP contribution in [0.3, 0.4) is 0 Å². The number of imidazole rings is 1. The van der Waals surface area contributed by atoms with Crippen LogP contribution in [0, 0.1) is 5.82 Å². The molecule has 0 bridgehead atoms. The third-order valence-corrected chi connectivity index (χ3v) is 3.96. The van der Waals surface area contributed by atoms with Gasteiger partial charge in [-0.25, -0.2) is 14.4 Å². The zero-order chi connectivity index (χ0) is 18.8. The molecule has 0 radical (unpaired) electrons. The fraction of sp³-hybridized carbons (Fsp3) is 0.0556. The Bertz CT molecular complexity index is 1140. The number of benzene rings is 1. The van der Waals surface area contributed by atoms with Crippen molar-refractivity contribution in [2.24, 2.45) is 5.73 Å². The molecule has 0 aliphatic carbocycles. The Morgan fingerprint density at radius 1 is 1.22 bits per heavy atom. The molecule has 1 amide bonds. The van der Waals surface area contributed by atoms with Crippen LogP contribution < -0.4 is 11.1 Å². The Morgan fingerprint density at radius 3 is 2.89 bits per heavy atom. The van der Waals surface area contributed by atoms with Crippen LogP contribution in [0.25, 0.3) is 17.0 Å².